The van der Waals surface area contributed by atoms with Gasteiger partial charge in [0, 0.05) is 24.8 Å². The minimum atomic E-state index is 0. The summed E-state index contributed by atoms with van der Waals surface area (Å²) >= 11 is 0. The number of rotatable bonds is 5. The first-order valence-electron chi connectivity index (χ1n) is 7.35. The predicted molar refractivity (Wildman–Crippen MR) is 87.8 cm³/mol. The van der Waals surface area contributed by atoms with Crippen LogP contribution in [0.15, 0.2) is 42.7 Å². The number of amides is 1. The summed E-state index contributed by atoms with van der Waals surface area (Å²) in [6, 6.07) is 10.2. The molecular weight excluding hydrogens is 300 g/mol. The van der Waals surface area contributed by atoms with Crippen LogP contribution in [0, 0.1) is 5.92 Å². The van der Waals surface area contributed by atoms with E-state index in [1.807, 2.05) is 35.3 Å². The van der Waals surface area contributed by atoms with Crippen molar-refractivity contribution >= 4 is 18.3 Å². The molecule has 1 unspecified atom stereocenters. The highest BCUT2D eigenvalue weighted by atomic mass is 35.5. The molecule has 1 aromatic carbocycles. The van der Waals surface area contributed by atoms with Crippen molar-refractivity contribution in [2.24, 2.45) is 5.92 Å². The Morgan fingerprint density at radius 2 is 2.14 bits per heavy atom. The van der Waals surface area contributed by atoms with Gasteiger partial charge >= 0.3 is 0 Å². The molecule has 2 N–H and O–H groups in total. The Labute approximate surface area is 136 Å². The van der Waals surface area contributed by atoms with Crippen molar-refractivity contribution in [3.05, 3.63) is 53.9 Å². The maximum absolute atomic E-state index is 11.9. The number of aromatic nitrogens is 2. The lowest BCUT2D eigenvalue weighted by Crippen LogP contribution is -2.31. The minimum absolute atomic E-state index is 0. The maximum atomic E-state index is 11.9. The van der Waals surface area contributed by atoms with Crippen LogP contribution < -0.4 is 10.6 Å². The first-order chi connectivity index (χ1) is 10.3. The van der Waals surface area contributed by atoms with Crippen molar-refractivity contribution in [1.82, 2.24) is 20.4 Å². The van der Waals surface area contributed by atoms with Crippen LogP contribution in [-0.2, 0) is 17.9 Å². The summed E-state index contributed by atoms with van der Waals surface area (Å²) < 4.78 is 1.90. The smallest absolute Gasteiger partial charge is 0.224 e. The van der Waals surface area contributed by atoms with E-state index in [4.69, 9.17) is 0 Å². The molecule has 0 bridgehead atoms. The van der Waals surface area contributed by atoms with Crippen LogP contribution in [0.25, 0.3) is 0 Å². The van der Waals surface area contributed by atoms with E-state index in [1.54, 1.807) is 0 Å². The molecule has 1 amide bonds. The van der Waals surface area contributed by atoms with Crippen LogP contribution in [0.4, 0.5) is 0 Å². The van der Waals surface area contributed by atoms with Gasteiger partial charge in [0.15, 0.2) is 0 Å². The minimum Gasteiger partial charge on any atom is -0.352 e. The van der Waals surface area contributed by atoms with Gasteiger partial charge in [0.1, 0.15) is 0 Å². The Morgan fingerprint density at radius 1 is 1.32 bits per heavy atom. The molecule has 5 nitrogen and oxygen atoms in total. The van der Waals surface area contributed by atoms with E-state index in [0.29, 0.717) is 6.54 Å². The zero-order chi connectivity index (χ0) is 14.5. The molecule has 1 fully saturated rings. The van der Waals surface area contributed by atoms with Crippen LogP contribution >= 0.6 is 12.4 Å². The van der Waals surface area contributed by atoms with E-state index in [0.717, 1.165) is 31.6 Å². The first-order valence-corrected chi connectivity index (χ1v) is 7.35. The molecule has 1 aliphatic heterocycles. The van der Waals surface area contributed by atoms with Gasteiger partial charge in [-0.05, 0) is 18.5 Å². The highest BCUT2D eigenvalue weighted by Gasteiger charge is 2.21. The first kappa shape index (κ1) is 16.5. The largest absolute Gasteiger partial charge is 0.352 e. The van der Waals surface area contributed by atoms with Gasteiger partial charge in [-0.3, -0.25) is 9.48 Å². The van der Waals surface area contributed by atoms with Crippen molar-refractivity contribution in [1.29, 1.82) is 0 Å². The van der Waals surface area contributed by atoms with Gasteiger partial charge in [0.05, 0.1) is 18.7 Å². The number of halogens is 1. The van der Waals surface area contributed by atoms with E-state index in [1.165, 1.54) is 5.56 Å². The number of nitrogens with zero attached hydrogens (tertiary/aromatic N) is 2. The summed E-state index contributed by atoms with van der Waals surface area (Å²) in [5.74, 6) is 0.250. The third-order valence-electron chi connectivity index (χ3n) is 3.77. The van der Waals surface area contributed by atoms with E-state index < -0.39 is 0 Å². The number of hydrogen-bond acceptors (Lipinski definition) is 3. The molecule has 118 valence electrons. The van der Waals surface area contributed by atoms with Crippen LogP contribution in [0.2, 0.25) is 0 Å². The Bertz CT molecular complexity index is 593. The lowest BCUT2D eigenvalue weighted by molar-refractivity contribution is -0.124. The van der Waals surface area contributed by atoms with Crippen LogP contribution in [0.5, 0.6) is 0 Å². The molecule has 22 heavy (non-hydrogen) atoms. The van der Waals surface area contributed by atoms with Gasteiger partial charge in [-0.2, -0.15) is 5.10 Å². The topological polar surface area (TPSA) is 59.0 Å². The molecule has 0 radical (unpaired) electrons. The second-order valence-electron chi connectivity index (χ2n) is 5.44. The van der Waals surface area contributed by atoms with Gasteiger partial charge in [0.25, 0.3) is 0 Å². The predicted octanol–water partition coefficient (Wildman–Crippen LogP) is 1.58. The Balaban J connectivity index is 0.00000176. The molecule has 2 aromatic rings. The van der Waals surface area contributed by atoms with Gasteiger partial charge in [-0.1, -0.05) is 30.3 Å². The second kappa shape index (κ2) is 7.96. The van der Waals surface area contributed by atoms with E-state index in [9.17, 15) is 4.79 Å². The second-order valence-corrected chi connectivity index (χ2v) is 5.44. The molecule has 1 saturated heterocycles. The molecule has 1 aromatic heterocycles. The highest BCUT2D eigenvalue weighted by Crippen LogP contribution is 2.08. The van der Waals surface area contributed by atoms with Gasteiger partial charge in [-0.15, -0.1) is 12.4 Å². The number of nitrogens with one attached hydrogen (secondary N) is 2. The summed E-state index contributed by atoms with van der Waals surface area (Å²) in [5.41, 5.74) is 2.25. The standard InChI is InChI=1S/C16H20N4O.ClH/c21-16(15-6-7-17-10-15)18-8-14-9-19-20(12-14)11-13-4-2-1-3-5-13;/h1-5,9,12,15,17H,6-8,10-11H2,(H,18,21);1H. The average Bonchev–Trinajstić information content (AvgIpc) is 3.17. The van der Waals surface area contributed by atoms with Crippen molar-refractivity contribution in [3.63, 3.8) is 0 Å². The Kier molecular flexibility index (Phi) is 5.98. The normalized spacial score (nSPS) is 17.0. The quantitative estimate of drug-likeness (QED) is 0.879. The Morgan fingerprint density at radius 3 is 2.86 bits per heavy atom. The van der Waals surface area contributed by atoms with Crippen LogP contribution in [-0.4, -0.2) is 28.8 Å². The fraction of sp³-hybridized carbons (Fsp3) is 0.375. The molecule has 0 saturated carbocycles. The molecule has 1 aliphatic rings. The summed E-state index contributed by atoms with van der Waals surface area (Å²) in [5, 5.41) is 10.5. The van der Waals surface area contributed by atoms with Gasteiger partial charge in [0.2, 0.25) is 5.91 Å². The molecular formula is C16H21ClN4O. The van der Waals surface area contributed by atoms with E-state index >= 15 is 0 Å². The maximum Gasteiger partial charge on any atom is 0.224 e. The van der Waals surface area contributed by atoms with Gasteiger partial charge < -0.3 is 10.6 Å². The Hall–Kier alpha value is -1.85. The van der Waals surface area contributed by atoms with E-state index in [2.05, 4.69) is 27.9 Å². The van der Waals surface area contributed by atoms with Crippen molar-refractivity contribution < 1.29 is 4.79 Å². The lowest BCUT2D eigenvalue weighted by atomic mass is 10.1. The van der Waals surface area contributed by atoms with Crippen molar-refractivity contribution in [3.8, 4) is 0 Å². The fourth-order valence-electron chi connectivity index (χ4n) is 2.57. The monoisotopic (exact) mass is 320 g/mol. The molecule has 3 rings (SSSR count). The molecule has 0 spiro atoms. The summed E-state index contributed by atoms with van der Waals surface area (Å²) in [6.45, 7) is 3.03. The third kappa shape index (κ3) is 4.32. The molecule has 0 aliphatic carbocycles. The van der Waals surface area contributed by atoms with Gasteiger partial charge in [-0.25, -0.2) is 0 Å². The zero-order valence-electron chi connectivity index (χ0n) is 12.4. The third-order valence-corrected chi connectivity index (χ3v) is 3.77. The molecule has 2 heterocycles. The SMILES string of the molecule is Cl.O=C(NCc1cnn(Cc2ccccc2)c1)C1CCNC1. The van der Waals surface area contributed by atoms with Crippen LogP contribution in [0.3, 0.4) is 0 Å². The highest BCUT2D eigenvalue weighted by molar-refractivity contribution is 5.85. The zero-order valence-corrected chi connectivity index (χ0v) is 13.2. The molecule has 1 atom stereocenters. The number of carbonyl (C=O) groups excluding carboxylic acids is 1. The van der Waals surface area contributed by atoms with Crippen molar-refractivity contribution in [2.45, 2.75) is 19.5 Å². The average molecular weight is 321 g/mol. The van der Waals surface area contributed by atoms with E-state index in [-0.39, 0.29) is 24.2 Å². The lowest BCUT2D eigenvalue weighted by Gasteiger charge is -2.08. The number of hydrogen-bond donors (Lipinski definition) is 2. The number of benzene rings is 1. The fourth-order valence-corrected chi connectivity index (χ4v) is 2.57. The van der Waals surface area contributed by atoms with Crippen LogP contribution in [0.1, 0.15) is 17.5 Å². The summed E-state index contributed by atoms with van der Waals surface area (Å²) in [4.78, 5) is 11.9. The summed E-state index contributed by atoms with van der Waals surface area (Å²) in [6.07, 6.45) is 4.73. The van der Waals surface area contributed by atoms with Crippen molar-refractivity contribution in [2.75, 3.05) is 13.1 Å². The number of carbonyl (C=O) groups is 1. The summed E-state index contributed by atoms with van der Waals surface area (Å²) in [7, 11) is 0. The molecule has 6 heteroatoms.